The maximum atomic E-state index is 3.55. The monoisotopic (exact) mass is 286 g/mol. The summed E-state index contributed by atoms with van der Waals surface area (Å²) in [6.45, 7) is 6.61. The van der Waals surface area contributed by atoms with E-state index in [1.54, 1.807) is 0 Å². The van der Waals surface area contributed by atoms with Crippen molar-refractivity contribution in [2.45, 2.75) is 26.3 Å². The summed E-state index contributed by atoms with van der Waals surface area (Å²) in [7, 11) is 0. The van der Waals surface area contributed by atoms with Crippen LogP contribution in [0.3, 0.4) is 0 Å². The molecule has 1 aliphatic heterocycles. The molecule has 106 valence electrons. The van der Waals surface area contributed by atoms with Crippen molar-refractivity contribution in [2.75, 3.05) is 24.5 Å². The molecule has 1 aromatic heterocycles. The molecule has 1 aliphatic rings. The van der Waals surface area contributed by atoms with Crippen LogP contribution < -0.4 is 10.2 Å². The minimum Gasteiger partial charge on any atom is -0.371 e. The highest BCUT2D eigenvalue weighted by molar-refractivity contribution is 7.11. The number of rotatable bonds is 6. The first-order valence-electron chi connectivity index (χ1n) is 7.42. The minimum absolute atomic E-state index is 1.01. The Labute approximate surface area is 125 Å². The first-order valence-corrected chi connectivity index (χ1v) is 8.23. The van der Waals surface area contributed by atoms with Crippen molar-refractivity contribution in [3.63, 3.8) is 0 Å². The Balaban J connectivity index is 1.39. The summed E-state index contributed by atoms with van der Waals surface area (Å²) in [5, 5.41) is 3.55. The summed E-state index contributed by atoms with van der Waals surface area (Å²) < 4.78 is 0. The summed E-state index contributed by atoms with van der Waals surface area (Å²) in [4.78, 5) is 5.36. The second-order valence-electron chi connectivity index (χ2n) is 5.41. The highest BCUT2D eigenvalue weighted by Gasteiger charge is 2.17. The Morgan fingerprint density at radius 3 is 2.95 bits per heavy atom. The van der Waals surface area contributed by atoms with E-state index < -0.39 is 0 Å². The molecular formula is C17H22N2S. The Kier molecular flexibility index (Phi) is 4.38. The number of hydrogen-bond acceptors (Lipinski definition) is 3. The fourth-order valence-electron chi connectivity index (χ4n) is 2.83. The van der Waals surface area contributed by atoms with Crippen molar-refractivity contribution < 1.29 is 0 Å². The average Bonchev–Trinajstić information content (AvgIpc) is 3.05. The Morgan fingerprint density at radius 1 is 1.20 bits per heavy atom. The lowest BCUT2D eigenvalue weighted by atomic mass is 10.2. The SMILES string of the molecule is Cc1ccc(CNCCCN2CCc3ccccc32)s1. The molecule has 0 radical (unpaired) electrons. The second-order valence-corrected chi connectivity index (χ2v) is 6.78. The number of nitrogens with zero attached hydrogens (tertiary/aromatic N) is 1. The largest absolute Gasteiger partial charge is 0.371 e. The van der Waals surface area contributed by atoms with E-state index in [4.69, 9.17) is 0 Å². The molecule has 2 aromatic rings. The predicted molar refractivity (Wildman–Crippen MR) is 87.7 cm³/mol. The van der Waals surface area contributed by atoms with Gasteiger partial charge in [0.2, 0.25) is 0 Å². The van der Waals surface area contributed by atoms with Gasteiger partial charge in [0.1, 0.15) is 0 Å². The van der Waals surface area contributed by atoms with Crippen molar-refractivity contribution >= 4 is 17.0 Å². The van der Waals surface area contributed by atoms with Gasteiger partial charge in [0.05, 0.1) is 0 Å². The number of anilines is 1. The highest BCUT2D eigenvalue weighted by atomic mass is 32.1. The molecule has 0 saturated carbocycles. The molecule has 0 atom stereocenters. The lowest BCUT2D eigenvalue weighted by molar-refractivity contribution is 0.642. The molecule has 0 spiro atoms. The van der Waals surface area contributed by atoms with Crippen molar-refractivity contribution in [1.29, 1.82) is 0 Å². The summed E-state index contributed by atoms with van der Waals surface area (Å²) >= 11 is 1.89. The number of aryl methyl sites for hydroxylation is 1. The minimum atomic E-state index is 1.01. The summed E-state index contributed by atoms with van der Waals surface area (Å²) in [6.07, 6.45) is 2.41. The highest BCUT2D eigenvalue weighted by Crippen LogP contribution is 2.27. The average molecular weight is 286 g/mol. The van der Waals surface area contributed by atoms with E-state index in [1.165, 1.54) is 40.4 Å². The Bertz CT molecular complexity index is 562. The summed E-state index contributed by atoms with van der Waals surface area (Å²) in [5.41, 5.74) is 2.95. The predicted octanol–water partition coefficient (Wildman–Crippen LogP) is 3.60. The van der Waals surface area contributed by atoms with Crippen LogP contribution in [0, 0.1) is 6.92 Å². The molecule has 0 fully saturated rings. The molecule has 1 aromatic carbocycles. The lowest BCUT2D eigenvalue weighted by Crippen LogP contribution is -2.25. The van der Waals surface area contributed by atoms with E-state index in [2.05, 4.69) is 53.5 Å². The molecule has 2 heterocycles. The van der Waals surface area contributed by atoms with Gasteiger partial charge in [-0.3, -0.25) is 0 Å². The molecule has 0 bridgehead atoms. The number of fused-ring (bicyclic) bond motifs is 1. The fraction of sp³-hybridized carbons (Fsp3) is 0.412. The number of nitrogens with one attached hydrogen (secondary N) is 1. The molecule has 0 aliphatic carbocycles. The quantitative estimate of drug-likeness (QED) is 0.816. The lowest BCUT2D eigenvalue weighted by Gasteiger charge is -2.19. The van der Waals surface area contributed by atoms with Gasteiger partial charge in [-0.2, -0.15) is 0 Å². The van der Waals surface area contributed by atoms with Crippen LogP contribution in [0.1, 0.15) is 21.7 Å². The van der Waals surface area contributed by atoms with Gasteiger partial charge < -0.3 is 10.2 Å². The van der Waals surface area contributed by atoms with Crippen LogP contribution in [0.15, 0.2) is 36.4 Å². The molecule has 3 heteroatoms. The van der Waals surface area contributed by atoms with Crippen LogP contribution in [-0.2, 0) is 13.0 Å². The molecule has 1 N–H and O–H groups in total. The number of para-hydroxylation sites is 1. The third-order valence-electron chi connectivity index (χ3n) is 3.86. The van der Waals surface area contributed by atoms with E-state index in [0.29, 0.717) is 0 Å². The smallest absolute Gasteiger partial charge is 0.0399 e. The molecule has 0 saturated heterocycles. The molecule has 0 unspecified atom stereocenters. The summed E-state index contributed by atoms with van der Waals surface area (Å²) in [5.74, 6) is 0. The standard InChI is InChI=1S/C17H22N2S/c1-14-7-8-16(20-14)13-18-10-4-11-19-12-9-15-5-2-3-6-17(15)19/h2-3,5-8,18H,4,9-13H2,1H3. The number of hydrogen-bond donors (Lipinski definition) is 1. The van der Waals surface area contributed by atoms with Crippen molar-refractivity contribution in [3.05, 3.63) is 51.7 Å². The van der Waals surface area contributed by atoms with Crippen LogP contribution in [0.4, 0.5) is 5.69 Å². The maximum absolute atomic E-state index is 3.55. The van der Waals surface area contributed by atoms with Crippen LogP contribution in [0.25, 0.3) is 0 Å². The van der Waals surface area contributed by atoms with E-state index in [-0.39, 0.29) is 0 Å². The molecule has 3 rings (SSSR count). The van der Waals surface area contributed by atoms with E-state index in [0.717, 1.165) is 19.6 Å². The van der Waals surface area contributed by atoms with Crippen LogP contribution in [-0.4, -0.2) is 19.6 Å². The normalized spacial score (nSPS) is 13.8. The van der Waals surface area contributed by atoms with Gasteiger partial charge in [0, 0.05) is 35.1 Å². The van der Waals surface area contributed by atoms with Gasteiger partial charge in [-0.05, 0) is 50.1 Å². The van der Waals surface area contributed by atoms with Gasteiger partial charge in [-0.15, -0.1) is 11.3 Å². The van der Waals surface area contributed by atoms with Gasteiger partial charge in [0.15, 0.2) is 0 Å². The first kappa shape index (κ1) is 13.7. The van der Waals surface area contributed by atoms with Gasteiger partial charge in [-0.1, -0.05) is 18.2 Å². The topological polar surface area (TPSA) is 15.3 Å². The Morgan fingerprint density at radius 2 is 2.10 bits per heavy atom. The molecule has 20 heavy (non-hydrogen) atoms. The zero-order valence-corrected chi connectivity index (χ0v) is 12.9. The zero-order valence-electron chi connectivity index (χ0n) is 12.1. The Hall–Kier alpha value is -1.32. The van der Waals surface area contributed by atoms with E-state index in [9.17, 15) is 0 Å². The maximum Gasteiger partial charge on any atom is 0.0399 e. The molecule has 0 amide bonds. The number of benzene rings is 1. The molecular weight excluding hydrogens is 264 g/mol. The zero-order chi connectivity index (χ0) is 13.8. The van der Waals surface area contributed by atoms with Crippen LogP contribution in [0.2, 0.25) is 0 Å². The van der Waals surface area contributed by atoms with Crippen LogP contribution in [0.5, 0.6) is 0 Å². The summed E-state index contributed by atoms with van der Waals surface area (Å²) in [6, 6.07) is 13.2. The van der Waals surface area contributed by atoms with Crippen molar-refractivity contribution in [3.8, 4) is 0 Å². The third-order valence-corrected chi connectivity index (χ3v) is 4.86. The van der Waals surface area contributed by atoms with Gasteiger partial charge >= 0.3 is 0 Å². The second kappa shape index (κ2) is 6.42. The fourth-order valence-corrected chi connectivity index (χ4v) is 3.69. The van der Waals surface area contributed by atoms with Crippen molar-refractivity contribution in [2.24, 2.45) is 0 Å². The first-order chi connectivity index (χ1) is 9.83. The third kappa shape index (κ3) is 3.22. The molecule has 2 nitrogen and oxygen atoms in total. The van der Waals surface area contributed by atoms with Gasteiger partial charge in [0.25, 0.3) is 0 Å². The van der Waals surface area contributed by atoms with Crippen molar-refractivity contribution in [1.82, 2.24) is 5.32 Å². The van der Waals surface area contributed by atoms with E-state index in [1.807, 2.05) is 11.3 Å². The number of thiophene rings is 1. The van der Waals surface area contributed by atoms with Crippen LogP contribution >= 0.6 is 11.3 Å². The van der Waals surface area contributed by atoms with E-state index >= 15 is 0 Å². The van der Waals surface area contributed by atoms with Gasteiger partial charge in [-0.25, -0.2) is 0 Å².